The molecular formula is C20H26N2O2S. The number of thiocarbonyl (C=S) groups is 1. The smallest absolute Gasteiger partial charge is 0.169 e. The van der Waals surface area contributed by atoms with Gasteiger partial charge in [-0.25, -0.2) is 0 Å². The second-order valence-electron chi connectivity index (χ2n) is 5.73. The zero-order chi connectivity index (χ0) is 17.9. The van der Waals surface area contributed by atoms with Crippen molar-refractivity contribution >= 4 is 17.3 Å². The van der Waals surface area contributed by atoms with Crippen LogP contribution < -0.4 is 10.1 Å². The van der Waals surface area contributed by atoms with Gasteiger partial charge in [-0.05, 0) is 41.9 Å². The van der Waals surface area contributed by atoms with Gasteiger partial charge in [0.1, 0.15) is 5.75 Å². The van der Waals surface area contributed by atoms with Crippen LogP contribution in [-0.4, -0.2) is 43.9 Å². The zero-order valence-electron chi connectivity index (χ0n) is 14.9. The lowest BCUT2D eigenvalue weighted by atomic mass is 10.1. The maximum absolute atomic E-state index is 5.58. The van der Waals surface area contributed by atoms with Gasteiger partial charge in [0.2, 0.25) is 0 Å². The van der Waals surface area contributed by atoms with Crippen LogP contribution in [0, 0.1) is 0 Å². The van der Waals surface area contributed by atoms with Gasteiger partial charge in [-0.15, -0.1) is 0 Å². The molecule has 0 aliphatic rings. The van der Waals surface area contributed by atoms with Crippen LogP contribution in [0.1, 0.15) is 11.1 Å². The summed E-state index contributed by atoms with van der Waals surface area (Å²) in [7, 11) is 3.39. The fourth-order valence-electron chi connectivity index (χ4n) is 2.48. The first-order valence-corrected chi connectivity index (χ1v) is 8.82. The average molecular weight is 359 g/mol. The van der Waals surface area contributed by atoms with Gasteiger partial charge < -0.3 is 19.7 Å². The normalized spacial score (nSPS) is 10.3. The molecule has 0 unspecified atom stereocenters. The summed E-state index contributed by atoms with van der Waals surface area (Å²) in [5.41, 5.74) is 2.49. The highest BCUT2D eigenvalue weighted by molar-refractivity contribution is 7.80. The highest BCUT2D eigenvalue weighted by Gasteiger charge is 2.10. The largest absolute Gasteiger partial charge is 0.497 e. The van der Waals surface area contributed by atoms with Gasteiger partial charge in [0, 0.05) is 26.7 Å². The molecule has 2 aromatic rings. The maximum Gasteiger partial charge on any atom is 0.169 e. The monoisotopic (exact) mass is 358 g/mol. The van der Waals surface area contributed by atoms with E-state index in [9.17, 15) is 0 Å². The van der Waals surface area contributed by atoms with Gasteiger partial charge in [0.05, 0.1) is 13.7 Å². The zero-order valence-corrected chi connectivity index (χ0v) is 15.7. The molecule has 0 atom stereocenters. The van der Waals surface area contributed by atoms with Crippen LogP contribution >= 0.6 is 12.2 Å². The SMILES string of the molecule is COCCN(Cc1ccccc1)C(=S)NCCc1ccc(OC)cc1. The van der Waals surface area contributed by atoms with E-state index in [0.29, 0.717) is 6.61 Å². The Morgan fingerprint density at radius 2 is 1.72 bits per heavy atom. The molecule has 0 amide bonds. The average Bonchev–Trinajstić information content (AvgIpc) is 2.66. The molecule has 5 heteroatoms. The number of nitrogens with one attached hydrogen (secondary N) is 1. The fourth-order valence-corrected chi connectivity index (χ4v) is 2.73. The second-order valence-corrected chi connectivity index (χ2v) is 6.12. The van der Waals surface area contributed by atoms with Crippen molar-refractivity contribution in [3.8, 4) is 5.75 Å². The molecule has 0 aromatic heterocycles. The number of nitrogens with zero attached hydrogens (tertiary/aromatic N) is 1. The first kappa shape index (κ1) is 19.2. The lowest BCUT2D eigenvalue weighted by molar-refractivity contribution is 0.174. The van der Waals surface area contributed by atoms with E-state index in [1.807, 2.05) is 30.3 Å². The van der Waals surface area contributed by atoms with E-state index in [1.54, 1.807) is 14.2 Å². The summed E-state index contributed by atoms with van der Waals surface area (Å²) in [5.74, 6) is 0.876. The van der Waals surface area contributed by atoms with E-state index in [2.05, 4.69) is 34.5 Å². The molecule has 4 nitrogen and oxygen atoms in total. The number of hydrogen-bond donors (Lipinski definition) is 1. The Hall–Kier alpha value is -2.11. The highest BCUT2D eigenvalue weighted by atomic mass is 32.1. The Morgan fingerprint density at radius 1 is 1.00 bits per heavy atom. The number of methoxy groups -OCH3 is 2. The predicted molar refractivity (Wildman–Crippen MR) is 106 cm³/mol. The molecule has 0 aliphatic heterocycles. The molecule has 0 saturated carbocycles. The van der Waals surface area contributed by atoms with Gasteiger partial charge in [-0.1, -0.05) is 42.5 Å². The maximum atomic E-state index is 5.58. The van der Waals surface area contributed by atoms with Crippen LogP contribution in [0.3, 0.4) is 0 Å². The van der Waals surface area contributed by atoms with Crippen molar-refractivity contribution < 1.29 is 9.47 Å². The molecule has 134 valence electrons. The Bertz CT molecular complexity index is 632. The van der Waals surface area contributed by atoms with E-state index in [4.69, 9.17) is 21.7 Å². The summed E-state index contributed by atoms with van der Waals surface area (Å²) in [6.07, 6.45) is 0.910. The molecule has 0 saturated heterocycles. The third kappa shape index (κ3) is 6.72. The Morgan fingerprint density at radius 3 is 2.36 bits per heavy atom. The predicted octanol–water partition coefficient (Wildman–Crippen LogP) is 3.26. The third-order valence-corrected chi connectivity index (χ3v) is 4.32. The Labute approximate surface area is 155 Å². The summed E-state index contributed by atoms with van der Waals surface area (Å²) in [6, 6.07) is 18.5. The molecule has 2 aromatic carbocycles. The van der Waals surface area contributed by atoms with Crippen LogP contribution in [-0.2, 0) is 17.7 Å². The van der Waals surface area contributed by atoms with Crippen LogP contribution in [0.15, 0.2) is 54.6 Å². The van der Waals surface area contributed by atoms with Crippen LogP contribution in [0.25, 0.3) is 0 Å². The molecule has 0 radical (unpaired) electrons. The van der Waals surface area contributed by atoms with Crippen molar-refractivity contribution in [3.05, 3.63) is 65.7 Å². The molecule has 0 aliphatic carbocycles. The van der Waals surface area contributed by atoms with Gasteiger partial charge >= 0.3 is 0 Å². The quantitative estimate of drug-likeness (QED) is 0.696. The van der Waals surface area contributed by atoms with E-state index in [1.165, 1.54) is 11.1 Å². The van der Waals surface area contributed by atoms with Crippen molar-refractivity contribution in [2.45, 2.75) is 13.0 Å². The van der Waals surface area contributed by atoms with Crippen molar-refractivity contribution in [2.75, 3.05) is 33.9 Å². The van der Waals surface area contributed by atoms with Crippen molar-refractivity contribution in [3.63, 3.8) is 0 Å². The minimum atomic E-state index is 0.646. The molecule has 1 N–H and O–H groups in total. The van der Waals surface area contributed by atoms with E-state index < -0.39 is 0 Å². The number of hydrogen-bond acceptors (Lipinski definition) is 3. The van der Waals surface area contributed by atoms with Gasteiger partial charge in [0.25, 0.3) is 0 Å². The number of rotatable bonds is 9. The fraction of sp³-hybridized carbons (Fsp3) is 0.350. The third-order valence-electron chi connectivity index (χ3n) is 3.92. The van der Waals surface area contributed by atoms with Crippen molar-refractivity contribution in [1.82, 2.24) is 10.2 Å². The van der Waals surface area contributed by atoms with Gasteiger partial charge in [-0.2, -0.15) is 0 Å². The standard InChI is InChI=1S/C20H26N2O2S/c1-23-15-14-22(16-18-6-4-3-5-7-18)20(25)21-13-12-17-8-10-19(24-2)11-9-17/h3-11H,12-16H2,1-2H3,(H,21,25). The van der Waals surface area contributed by atoms with Crippen molar-refractivity contribution in [2.24, 2.45) is 0 Å². The Balaban J connectivity index is 1.85. The summed E-state index contributed by atoms with van der Waals surface area (Å²) in [4.78, 5) is 2.14. The van der Waals surface area contributed by atoms with Gasteiger partial charge in [0.15, 0.2) is 5.11 Å². The van der Waals surface area contributed by atoms with E-state index in [-0.39, 0.29) is 0 Å². The lowest BCUT2D eigenvalue weighted by Crippen LogP contribution is -2.41. The van der Waals surface area contributed by atoms with E-state index >= 15 is 0 Å². The topological polar surface area (TPSA) is 33.7 Å². The van der Waals surface area contributed by atoms with Crippen molar-refractivity contribution in [1.29, 1.82) is 0 Å². The summed E-state index contributed by atoms with van der Waals surface area (Å²) in [6.45, 7) is 2.98. The molecule has 2 rings (SSSR count). The Kier molecular flexibility index (Phi) is 8.22. The minimum absolute atomic E-state index is 0.646. The number of ether oxygens (including phenoxy) is 2. The first-order valence-electron chi connectivity index (χ1n) is 8.41. The van der Waals surface area contributed by atoms with Gasteiger partial charge in [-0.3, -0.25) is 0 Å². The molecule has 0 heterocycles. The molecule has 0 fully saturated rings. The lowest BCUT2D eigenvalue weighted by Gasteiger charge is -2.26. The molecule has 0 bridgehead atoms. The van der Waals surface area contributed by atoms with Crippen LogP contribution in [0.5, 0.6) is 5.75 Å². The second kappa shape index (κ2) is 10.7. The molecule has 25 heavy (non-hydrogen) atoms. The summed E-state index contributed by atoms with van der Waals surface area (Å²) < 4.78 is 10.4. The minimum Gasteiger partial charge on any atom is -0.497 e. The van der Waals surface area contributed by atoms with Crippen LogP contribution in [0.2, 0.25) is 0 Å². The summed E-state index contributed by atoms with van der Waals surface area (Å²) in [5, 5.41) is 4.12. The highest BCUT2D eigenvalue weighted by Crippen LogP contribution is 2.11. The molecule has 0 spiro atoms. The first-order chi connectivity index (χ1) is 12.2. The van der Waals surface area contributed by atoms with Crippen LogP contribution in [0.4, 0.5) is 0 Å². The number of benzene rings is 2. The molecular weight excluding hydrogens is 332 g/mol. The van der Waals surface area contributed by atoms with E-state index in [0.717, 1.165) is 36.9 Å². The summed E-state index contributed by atoms with van der Waals surface area (Å²) >= 11 is 5.58.